The third-order valence-electron chi connectivity index (χ3n) is 3.45. The van der Waals surface area contributed by atoms with Crippen LogP contribution >= 0.6 is 23.6 Å². The van der Waals surface area contributed by atoms with Crippen LogP contribution in [0.2, 0.25) is 0 Å². The van der Waals surface area contributed by atoms with E-state index in [2.05, 4.69) is 4.98 Å². The van der Waals surface area contributed by atoms with E-state index in [-0.39, 0.29) is 5.97 Å². The molecule has 0 fully saturated rings. The monoisotopic (exact) mass is 357 g/mol. The first-order valence-electron chi connectivity index (χ1n) is 7.41. The van der Waals surface area contributed by atoms with Gasteiger partial charge in [0.1, 0.15) is 21.1 Å². The summed E-state index contributed by atoms with van der Waals surface area (Å²) in [5.74, 6) is 0.751. The summed E-state index contributed by atoms with van der Waals surface area (Å²) in [6.07, 6.45) is 0.317. The molecular formula is C18H15NO3S2. The number of hydrogen-bond acceptors (Lipinski definition) is 6. The molecular weight excluding hydrogens is 342 g/mol. The van der Waals surface area contributed by atoms with Gasteiger partial charge in [0, 0.05) is 22.6 Å². The first-order chi connectivity index (χ1) is 11.6. The van der Waals surface area contributed by atoms with Crippen molar-refractivity contribution in [3.8, 4) is 22.1 Å². The third kappa shape index (κ3) is 3.29. The van der Waals surface area contributed by atoms with Crippen LogP contribution in [-0.2, 0) is 4.79 Å². The fourth-order valence-corrected chi connectivity index (χ4v) is 3.68. The summed E-state index contributed by atoms with van der Waals surface area (Å²) in [4.78, 5) is 16.0. The summed E-state index contributed by atoms with van der Waals surface area (Å²) in [5.41, 5.74) is 0.815. The molecule has 0 N–H and O–H groups in total. The first kappa shape index (κ1) is 16.5. The van der Waals surface area contributed by atoms with E-state index in [1.807, 2.05) is 30.3 Å². The van der Waals surface area contributed by atoms with Crippen molar-refractivity contribution >= 4 is 39.6 Å². The van der Waals surface area contributed by atoms with Crippen molar-refractivity contribution in [3.63, 3.8) is 0 Å². The number of nitrogens with zero attached hydrogens (tertiary/aromatic N) is 1. The Bertz CT molecular complexity index is 966. The topological polar surface area (TPSA) is 48.4 Å². The lowest BCUT2D eigenvalue weighted by Crippen LogP contribution is -2.05. The summed E-state index contributed by atoms with van der Waals surface area (Å²) in [5, 5.41) is 1.73. The number of fused-ring (bicyclic) bond motifs is 1. The van der Waals surface area contributed by atoms with Gasteiger partial charge in [0.25, 0.3) is 0 Å². The second-order valence-electron chi connectivity index (χ2n) is 5.01. The summed E-state index contributed by atoms with van der Waals surface area (Å²) in [6.45, 7) is 1.75. The van der Waals surface area contributed by atoms with Crippen molar-refractivity contribution in [2.75, 3.05) is 7.11 Å². The summed E-state index contributed by atoms with van der Waals surface area (Å²) < 4.78 is 12.3. The molecule has 0 saturated carbocycles. The lowest BCUT2D eigenvalue weighted by Gasteiger charge is -2.10. The van der Waals surface area contributed by atoms with Crippen molar-refractivity contribution in [1.82, 2.24) is 4.98 Å². The fraction of sp³-hybridized carbons (Fsp3) is 0.167. The average Bonchev–Trinajstić information content (AvgIpc) is 2.61. The van der Waals surface area contributed by atoms with Crippen LogP contribution in [0.25, 0.3) is 20.7 Å². The predicted molar refractivity (Wildman–Crippen MR) is 98.4 cm³/mol. The predicted octanol–water partition coefficient (Wildman–Crippen LogP) is 5.02. The van der Waals surface area contributed by atoms with E-state index in [1.54, 1.807) is 37.5 Å². The molecule has 2 aromatic carbocycles. The van der Waals surface area contributed by atoms with E-state index in [9.17, 15) is 4.79 Å². The molecule has 0 bridgehead atoms. The first-order valence-corrected chi connectivity index (χ1v) is 8.64. The molecule has 1 heterocycles. The summed E-state index contributed by atoms with van der Waals surface area (Å²) >= 11 is 6.95. The van der Waals surface area contributed by atoms with Crippen LogP contribution in [0.15, 0.2) is 42.5 Å². The van der Waals surface area contributed by atoms with Crippen molar-refractivity contribution in [1.29, 1.82) is 0 Å². The lowest BCUT2D eigenvalue weighted by atomic mass is 10.2. The Morgan fingerprint density at radius 3 is 2.79 bits per heavy atom. The highest BCUT2D eigenvalue weighted by molar-refractivity contribution is 7.71. The maximum Gasteiger partial charge on any atom is 0.310 e. The number of methoxy groups -OCH3 is 1. The number of esters is 1. The maximum absolute atomic E-state index is 11.4. The molecule has 0 aliphatic rings. The maximum atomic E-state index is 11.4. The van der Waals surface area contributed by atoms with Gasteiger partial charge in [-0.15, -0.1) is 11.3 Å². The molecule has 0 saturated heterocycles. The molecule has 1 aromatic heterocycles. The van der Waals surface area contributed by atoms with Crippen LogP contribution in [0, 0.1) is 4.64 Å². The Labute approximate surface area is 148 Å². The van der Waals surface area contributed by atoms with Crippen LogP contribution in [0.3, 0.4) is 0 Å². The zero-order valence-corrected chi connectivity index (χ0v) is 14.9. The molecule has 24 heavy (non-hydrogen) atoms. The standard InChI is InChI=1S/C18H15NO3S2/c1-3-16(20)22-11-8-9-12(14(10-11)21-2)18-19-17(23)13-6-4-5-7-15(13)24-18/h4-10H,3H2,1-2H3. The van der Waals surface area contributed by atoms with E-state index in [4.69, 9.17) is 21.7 Å². The number of rotatable bonds is 4. The number of ether oxygens (including phenoxy) is 2. The SMILES string of the molecule is CCC(=O)Oc1ccc(-c2nc(=S)c3ccccc3s2)c(OC)c1. The highest BCUT2D eigenvalue weighted by Crippen LogP contribution is 2.36. The molecule has 0 aliphatic carbocycles. The molecule has 0 aliphatic heterocycles. The van der Waals surface area contributed by atoms with E-state index in [1.165, 1.54) is 0 Å². The van der Waals surface area contributed by atoms with Gasteiger partial charge in [0.2, 0.25) is 0 Å². The largest absolute Gasteiger partial charge is 0.496 e. The van der Waals surface area contributed by atoms with Gasteiger partial charge in [-0.1, -0.05) is 37.3 Å². The highest BCUT2D eigenvalue weighted by atomic mass is 32.1. The minimum Gasteiger partial charge on any atom is -0.496 e. The van der Waals surface area contributed by atoms with Crippen LogP contribution < -0.4 is 9.47 Å². The van der Waals surface area contributed by atoms with Crippen molar-refractivity contribution in [2.45, 2.75) is 13.3 Å². The second kappa shape index (κ2) is 7.07. The Kier molecular flexibility index (Phi) is 4.87. The highest BCUT2D eigenvalue weighted by Gasteiger charge is 2.12. The molecule has 3 rings (SSSR count). The van der Waals surface area contributed by atoms with Crippen LogP contribution in [0.4, 0.5) is 0 Å². The number of carbonyl (C=O) groups excluding carboxylic acids is 1. The van der Waals surface area contributed by atoms with E-state index in [0.717, 1.165) is 20.7 Å². The zero-order chi connectivity index (χ0) is 17.1. The van der Waals surface area contributed by atoms with Gasteiger partial charge in [-0.25, -0.2) is 4.98 Å². The van der Waals surface area contributed by atoms with Gasteiger partial charge in [0.05, 0.1) is 12.7 Å². The molecule has 6 heteroatoms. The molecule has 0 spiro atoms. The third-order valence-corrected chi connectivity index (χ3v) is 4.84. The van der Waals surface area contributed by atoms with Crippen LogP contribution in [0.1, 0.15) is 13.3 Å². The van der Waals surface area contributed by atoms with Gasteiger partial charge in [-0.3, -0.25) is 4.79 Å². The molecule has 122 valence electrons. The molecule has 0 atom stereocenters. The molecule has 0 amide bonds. The van der Waals surface area contributed by atoms with Crippen LogP contribution in [-0.4, -0.2) is 18.1 Å². The minimum absolute atomic E-state index is 0.288. The second-order valence-corrected chi connectivity index (χ2v) is 6.43. The van der Waals surface area contributed by atoms with E-state index in [0.29, 0.717) is 22.6 Å². The average molecular weight is 357 g/mol. The van der Waals surface area contributed by atoms with Gasteiger partial charge < -0.3 is 9.47 Å². The smallest absolute Gasteiger partial charge is 0.310 e. The molecule has 0 unspecified atom stereocenters. The Morgan fingerprint density at radius 1 is 1.25 bits per heavy atom. The summed E-state index contributed by atoms with van der Waals surface area (Å²) in [6, 6.07) is 13.2. The number of carbonyl (C=O) groups is 1. The number of aromatic nitrogens is 1. The van der Waals surface area contributed by atoms with Gasteiger partial charge in [-0.2, -0.15) is 0 Å². The number of benzene rings is 2. The van der Waals surface area contributed by atoms with Crippen molar-refractivity contribution < 1.29 is 14.3 Å². The van der Waals surface area contributed by atoms with Gasteiger partial charge in [-0.05, 0) is 18.2 Å². The zero-order valence-electron chi connectivity index (χ0n) is 13.2. The van der Waals surface area contributed by atoms with Crippen molar-refractivity contribution in [3.05, 3.63) is 47.1 Å². The van der Waals surface area contributed by atoms with E-state index < -0.39 is 0 Å². The van der Waals surface area contributed by atoms with Crippen molar-refractivity contribution in [2.24, 2.45) is 0 Å². The Morgan fingerprint density at radius 2 is 2.04 bits per heavy atom. The summed E-state index contributed by atoms with van der Waals surface area (Å²) in [7, 11) is 1.57. The lowest BCUT2D eigenvalue weighted by molar-refractivity contribution is -0.134. The fourth-order valence-electron chi connectivity index (χ4n) is 2.24. The molecule has 3 aromatic rings. The Balaban J connectivity index is 2.09. The molecule has 4 nitrogen and oxygen atoms in total. The molecule has 0 radical (unpaired) electrons. The number of hydrogen-bond donors (Lipinski definition) is 0. The van der Waals surface area contributed by atoms with Gasteiger partial charge in [0.15, 0.2) is 0 Å². The minimum atomic E-state index is -0.288. The van der Waals surface area contributed by atoms with E-state index >= 15 is 0 Å². The Hall–Kier alpha value is -2.31. The van der Waals surface area contributed by atoms with Crippen LogP contribution in [0.5, 0.6) is 11.5 Å². The van der Waals surface area contributed by atoms with Gasteiger partial charge >= 0.3 is 5.97 Å². The normalized spacial score (nSPS) is 10.6. The quantitative estimate of drug-likeness (QED) is 0.373.